The number of hydrogen-bond donors (Lipinski definition) is 3. The van der Waals surface area contributed by atoms with E-state index in [0.29, 0.717) is 11.4 Å². The van der Waals surface area contributed by atoms with Crippen LogP contribution in [-0.2, 0) is 0 Å². The summed E-state index contributed by atoms with van der Waals surface area (Å²) in [5.74, 6) is 0. The van der Waals surface area contributed by atoms with Crippen molar-refractivity contribution < 1.29 is 0 Å². The lowest BCUT2D eigenvalue weighted by Gasteiger charge is -2.06. The molecule has 16 heavy (non-hydrogen) atoms. The minimum Gasteiger partial charge on any atom is -0.397 e. The van der Waals surface area contributed by atoms with E-state index < -0.39 is 0 Å². The summed E-state index contributed by atoms with van der Waals surface area (Å²) in [7, 11) is 0. The van der Waals surface area contributed by atoms with Crippen molar-refractivity contribution in [3.63, 3.8) is 0 Å². The van der Waals surface area contributed by atoms with E-state index in [1.165, 1.54) is 6.07 Å². The largest absolute Gasteiger partial charge is 0.397 e. The number of anilines is 2. The van der Waals surface area contributed by atoms with Crippen LogP contribution in [0.15, 0.2) is 35.1 Å². The summed E-state index contributed by atoms with van der Waals surface area (Å²) in [6.45, 7) is 2.00. The molecule has 0 saturated heterocycles. The van der Waals surface area contributed by atoms with Crippen molar-refractivity contribution in [3.05, 3.63) is 46.2 Å². The number of nitrogen functional groups attached to an aromatic ring is 2. The molecule has 0 aliphatic rings. The number of rotatable bonds is 1. The smallest absolute Gasteiger partial charge is 0.271 e. The van der Waals surface area contributed by atoms with Crippen molar-refractivity contribution in [1.82, 2.24) is 4.98 Å². The first kappa shape index (κ1) is 10.3. The second-order valence-corrected chi connectivity index (χ2v) is 3.75. The SMILES string of the molecule is Cc1ccc(-c2[nH]c(=O)c(N)cc2N)cc1. The highest BCUT2D eigenvalue weighted by molar-refractivity contribution is 5.74. The van der Waals surface area contributed by atoms with Crippen LogP contribution in [0.1, 0.15) is 5.56 Å². The van der Waals surface area contributed by atoms with E-state index in [-0.39, 0.29) is 11.2 Å². The molecule has 5 N–H and O–H groups in total. The lowest BCUT2D eigenvalue weighted by atomic mass is 10.1. The van der Waals surface area contributed by atoms with Gasteiger partial charge in [0, 0.05) is 5.56 Å². The van der Waals surface area contributed by atoms with Gasteiger partial charge in [0.25, 0.3) is 5.56 Å². The molecule has 0 radical (unpaired) electrons. The predicted molar refractivity (Wildman–Crippen MR) is 66.1 cm³/mol. The molecule has 4 heteroatoms. The van der Waals surface area contributed by atoms with Crippen molar-refractivity contribution in [2.24, 2.45) is 0 Å². The third-order valence-electron chi connectivity index (χ3n) is 2.44. The minimum absolute atomic E-state index is 0.133. The number of H-pyrrole nitrogens is 1. The van der Waals surface area contributed by atoms with E-state index in [2.05, 4.69) is 4.98 Å². The molecule has 0 unspecified atom stereocenters. The molecule has 0 spiro atoms. The number of aromatic amines is 1. The van der Waals surface area contributed by atoms with E-state index in [1.54, 1.807) is 0 Å². The van der Waals surface area contributed by atoms with Gasteiger partial charge in [0.05, 0.1) is 17.1 Å². The Kier molecular flexibility index (Phi) is 2.40. The highest BCUT2D eigenvalue weighted by atomic mass is 16.1. The number of aromatic nitrogens is 1. The summed E-state index contributed by atoms with van der Waals surface area (Å²) in [6, 6.07) is 9.22. The maximum absolute atomic E-state index is 11.4. The Morgan fingerprint density at radius 3 is 2.31 bits per heavy atom. The van der Waals surface area contributed by atoms with Gasteiger partial charge in [-0.25, -0.2) is 0 Å². The van der Waals surface area contributed by atoms with Crippen molar-refractivity contribution in [2.45, 2.75) is 6.92 Å². The Morgan fingerprint density at radius 2 is 1.69 bits per heavy atom. The molecule has 1 heterocycles. The fourth-order valence-electron chi connectivity index (χ4n) is 1.52. The third kappa shape index (κ3) is 1.77. The molecular formula is C12H13N3O. The summed E-state index contributed by atoms with van der Waals surface area (Å²) in [5, 5.41) is 0. The summed E-state index contributed by atoms with van der Waals surface area (Å²) in [5.41, 5.74) is 14.2. The van der Waals surface area contributed by atoms with Crippen LogP contribution < -0.4 is 17.0 Å². The standard InChI is InChI=1S/C12H13N3O/c1-7-2-4-8(5-3-7)11-9(13)6-10(14)12(16)15-11/h2-6H,13-14H2,1H3,(H,15,16). The maximum Gasteiger partial charge on any atom is 0.271 e. The third-order valence-corrected chi connectivity index (χ3v) is 2.44. The average molecular weight is 215 g/mol. The molecule has 0 saturated carbocycles. The molecule has 1 aromatic carbocycles. The summed E-state index contributed by atoms with van der Waals surface area (Å²) < 4.78 is 0. The van der Waals surface area contributed by atoms with Crippen molar-refractivity contribution in [1.29, 1.82) is 0 Å². The summed E-state index contributed by atoms with van der Waals surface area (Å²) in [4.78, 5) is 14.1. The number of nitrogens with two attached hydrogens (primary N) is 2. The van der Waals surface area contributed by atoms with Gasteiger partial charge in [-0.3, -0.25) is 4.79 Å². The zero-order chi connectivity index (χ0) is 11.7. The lowest BCUT2D eigenvalue weighted by molar-refractivity contribution is 1.25. The number of hydrogen-bond acceptors (Lipinski definition) is 3. The van der Waals surface area contributed by atoms with Gasteiger partial charge in [-0.2, -0.15) is 0 Å². The average Bonchev–Trinajstić information content (AvgIpc) is 2.25. The Morgan fingerprint density at radius 1 is 1.06 bits per heavy atom. The van der Waals surface area contributed by atoms with Gasteiger partial charge in [0.2, 0.25) is 0 Å². The monoisotopic (exact) mass is 215 g/mol. The van der Waals surface area contributed by atoms with E-state index >= 15 is 0 Å². The second kappa shape index (κ2) is 3.73. The normalized spacial score (nSPS) is 10.3. The van der Waals surface area contributed by atoms with E-state index in [1.807, 2.05) is 31.2 Å². The van der Waals surface area contributed by atoms with Crippen LogP contribution >= 0.6 is 0 Å². The van der Waals surface area contributed by atoms with Crippen LogP contribution in [0, 0.1) is 6.92 Å². The molecule has 0 amide bonds. The van der Waals surface area contributed by atoms with Crippen molar-refractivity contribution in [2.75, 3.05) is 11.5 Å². The summed E-state index contributed by atoms with van der Waals surface area (Å²) >= 11 is 0. The van der Waals surface area contributed by atoms with Crippen LogP contribution in [0.2, 0.25) is 0 Å². The van der Waals surface area contributed by atoms with Crippen LogP contribution in [0.5, 0.6) is 0 Å². The zero-order valence-corrected chi connectivity index (χ0v) is 8.95. The fourth-order valence-corrected chi connectivity index (χ4v) is 1.52. The van der Waals surface area contributed by atoms with E-state index in [0.717, 1.165) is 11.1 Å². The van der Waals surface area contributed by atoms with Gasteiger partial charge >= 0.3 is 0 Å². The summed E-state index contributed by atoms with van der Waals surface area (Å²) in [6.07, 6.45) is 0. The first-order valence-electron chi connectivity index (χ1n) is 4.93. The van der Waals surface area contributed by atoms with Crippen LogP contribution in [0.4, 0.5) is 11.4 Å². The molecule has 0 bridgehead atoms. The molecule has 82 valence electrons. The van der Waals surface area contributed by atoms with Gasteiger partial charge in [-0.1, -0.05) is 29.8 Å². The Balaban J connectivity index is 2.60. The molecule has 0 atom stereocenters. The van der Waals surface area contributed by atoms with Crippen LogP contribution in [0.3, 0.4) is 0 Å². The second-order valence-electron chi connectivity index (χ2n) is 3.75. The molecule has 0 fully saturated rings. The number of benzene rings is 1. The predicted octanol–water partition coefficient (Wildman–Crippen LogP) is 1.51. The van der Waals surface area contributed by atoms with Crippen LogP contribution in [0.25, 0.3) is 11.3 Å². The van der Waals surface area contributed by atoms with E-state index in [4.69, 9.17) is 11.5 Å². The van der Waals surface area contributed by atoms with Crippen LogP contribution in [-0.4, -0.2) is 4.98 Å². The molecule has 1 aromatic heterocycles. The minimum atomic E-state index is -0.315. The number of nitrogens with one attached hydrogen (secondary N) is 1. The fraction of sp³-hybridized carbons (Fsp3) is 0.0833. The van der Waals surface area contributed by atoms with Gasteiger partial charge in [0.15, 0.2) is 0 Å². The van der Waals surface area contributed by atoms with Gasteiger partial charge < -0.3 is 16.5 Å². The first-order valence-corrected chi connectivity index (χ1v) is 4.93. The first-order chi connectivity index (χ1) is 7.58. The number of aryl methyl sites for hydroxylation is 1. The Bertz CT molecular complexity index is 570. The van der Waals surface area contributed by atoms with Crippen molar-refractivity contribution in [3.8, 4) is 11.3 Å². The Labute approximate surface area is 92.9 Å². The molecule has 0 aliphatic heterocycles. The highest BCUT2D eigenvalue weighted by Crippen LogP contribution is 2.23. The lowest BCUT2D eigenvalue weighted by Crippen LogP contribution is -2.13. The van der Waals surface area contributed by atoms with Gasteiger partial charge in [0.1, 0.15) is 0 Å². The quantitative estimate of drug-likeness (QED) is 0.674. The van der Waals surface area contributed by atoms with Gasteiger partial charge in [-0.05, 0) is 13.0 Å². The molecular weight excluding hydrogens is 202 g/mol. The maximum atomic E-state index is 11.4. The topological polar surface area (TPSA) is 84.9 Å². The molecule has 0 aliphatic carbocycles. The Hall–Kier alpha value is -2.23. The zero-order valence-electron chi connectivity index (χ0n) is 8.95. The van der Waals surface area contributed by atoms with Crippen molar-refractivity contribution >= 4 is 11.4 Å². The van der Waals surface area contributed by atoms with E-state index in [9.17, 15) is 4.79 Å². The van der Waals surface area contributed by atoms with Gasteiger partial charge in [-0.15, -0.1) is 0 Å². The number of pyridine rings is 1. The molecule has 4 nitrogen and oxygen atoms in total. The molecule has 2 rings (SSSR count). The highest BCUT2D eigenvalue weighted by Gasteiger charge is 2.05. The molecule has 2 aromatic rings.